The van der Waals surface area contributed by atoms with E-state index in [9.17, 15) is 5.11 Å². The number of rotatable bonds is 6. The van der Waals surface area contributed by atoms with Crippen LogP contribution < -0.4 is 10.2 Å². The SMILES string of the molecule is CCN(CC)c1ncc(CNC2CCC(O)CC2)s1. The summed E-state index contributed by atoms with van der Waals surface area (Å²) < 4.78 is 0. The third kappa shape index (κ3) is 4.16. The van der Waals surface area contributed by atoms with Gasteiger partial charge in [0.25, 0.3) is 0 Å². The lowest BCUT2D eigenvalue weighted by atomic mass is 9.93. The number of hydrogen-bond donors (Lipinski definition) is 2. The number of nitrogens with one attached hydrogen (secondary N) is 1. The van der Waals surface area contributed by atoms with Gasteiger partial charge in [-0.15, -0.1) is 11.3 Å². The molecular formula is C14H25N3OS. The Morgan fingerprint density at radius 2 is 2.00 bits per heavy atom. The van der Waals surface area contributed by atoms with Gasteiger partial charge in [-0.3, -0.25) is 0 Å². The second-order valence-corrected chi connectivity index (χ2v) is 6.26. The first-order valence-corrected chi connectivity index (χ1v) is 8.15. The molecule has 0 atom stereocenters. The molecule has 1 aromatic rings. The van der Waals surface area contributed by atoms with Crippen LogP contribution in [0, 0.1) is 0 Å². The molecule has 1 aliphatic carbocycles. The fraction of sp³-hybridized carbons (Fsp3) is 0.786. The van der Waals surface area contributed by atoms with Crippen LogP contribution in [0.3, 0.4) is 0 Å². The lowest BCUT2D eigenvalue weighted by Crippen LogP contribution is -2.33. The molecule has 1 aliphatic rings. The van der Waals surface area contributed by atoms with E-state index < -0.39 is 0 Å². The Balaban J connectivity index is 1.80. The summed E-state index contributed by atoms with van der Waals surface area (Å²) in [6.45, 7) is 7.25. The van der Waals surface area contributed by atoms with Gasteiger partial charge in [-0.2, -0.15) is 0 Å². The summed E-state index contributed by atoms with van der Waals surface area (Å²) in [6.07, 6.45) is 5.96. The Morgan fingerprint density at radius 1 is 1.32 bits per heavy atom. The second-order valence-electron chi connectivity index (χ2n) is 5.17. The van der Waals surface area contributed by atoms with Gasteiger partial charge in [0.05, 0.1) is 6.10 Å². The van der Waals surface area contributed by atoms with Gasteiger partial charge < -0.3 is 15.3 Å². The van der Waals surface area contributed by atoms with E-state index in [2.05, 4.69) is 29.0 Å². The Hall–Kier alpha value is -0.650. The van der Waals surface area contributed by atoms with E-state index in [1.54, 1.807) is 11.3 Å². The van der Waals surface area contributed by atoms with Crippen molar-refractivity contribution < 1.29 is 5.11 Å². The monoisotopic (exact) mass is 283 g/mol. The third-order valence-corrected chi connectivity index (χ3v) is 4.90. The zero-order valence-corrected chi connectivity index (χ0v) is 12.7. The highest BCUT2D eigenvalue weighted by molar-refractivity contribution is 7.15. The molecule has 0 spiro atoms. The molecule has 19 heavy (non-hydrogen) atoms. The van der Waals surface area contributed by atoms with E-state index in [1.807, 2.05) is 6.20 Å². The fourth-order valence-electron chi connectivity index (χ4n) is 2.54. The summed E-state index contributed by atoms with van der Waals surface area (Å²) >= 11 is 1.78. The molecule has 0 aliphatic heterocycles. The van der Waals surface area contributed by atoms with Crippen LogP contribution in [-0.2, 0) is 6.54 Å². The van der Waals surface area contributed by atoms with Gasteiger partial charge in [0.15, 0.2) is 5.13 Å². The van der Waals surface area contributed by atoms with Gasteiger partial charge in [-0.25, -0.2) is 4.98 Å². The number of anilines is 1. The number of aliphatic hydroxyl groups is 1. The van der Waals surface area contributed by atoms with Crippen molar-refractivity contribution in [1.29, 1.82) is 0 Å². The van der Waals surface area contributed by atoms with Gasteiger partial charge >= 0.3 is 0 Å². The van der Waals surface area contributed by atoms with Crippen LogP contribution in [0.2, 0.25) is 0 Å². The van der Waals surface area contributed by atoms with Crippen LogP contribution in [0.4, 0.5) is 5.13 Å². The van der Waals surface area contributed by atoms with Crippen molar-refractivity contribution in [2.45, 2.75) is 58.2 Å². The maximum absolute atomic E-state index is 9.49. The summed E-state index contributed by atoms with van der Waals surface area (Å²) in [5.74, 6) is 0. The van der Waals surface area contributed by atoms with Crippen molar-refractivity contribution >= 4 is 16.5 Å². The van der Waals surface area contributed by atoms with E-state index in [0.29, 0.717) is 6.04 Å². The van der Waals surface area contributed by atoms with Crippen molar-refractivity contribution in [3.8, 4) is 0 Å². The van der Waals surface area contributed by atoms with Crippen molar-refractivity contribution in [2.24, 2.45) is 0 Å². The number of hydrogen-bond acceptors (Lipinski definition) is 5. The second kappa shape index (κ2) is 7.22. The maximum Gasteiger partial charge on any atom is 0.185 e. The molecule has 4 nitrogen and oxygen atoms in total. The quantitative estimate of drug-likeness (QED) is 0.841. The predicted molar refractivity (Wildman–Crippen MR) is 80.8 cm³/mol. The zero-order chi connectivity index (χ0) is 13.7. The van der Waals surface area contributed by atoms with E-state index in [0.717, 1.165) is 50.4 Å². The molecule has 0 saturated heterocycles. The molecule has 0 amide bonds. The molecule has 0 bridgehead atoms. The van der Waals surface area contributed by atoms with E-state index in [1.165, 1.54) is 4.88 Å². The average Bonchev–Trinajstić information content (AvgIpc) is 2.88. The summed E-state index contributed by atoms with van der Waals surface area (Å²) in [6, 6.07) is 0.558. The van der Waals surface area contributed by atoms with Crippen molar-refractivity contribution in [1.82, 2.24) is 10.3 Å². The summed E-state index contributed by atoms with van der Waals surface area (Å²) in [5, 5.41) is 14.2. The molecule has 0 aromatic carbocycles. The van der Waals surface area contributed by atoms with Gasteiger partial charge in [0.2, 0.25) is 0 Å². The van der Waals surface area contributed by atoms with Crippen LogP contribution in [0.25, 0.3) is 0 Å². The predicted octanol–water partition coefficient (Wildman–Crippen LogP) is 2.38. The topological polar surface area (TPSA) is 48.4 Å². The fourth-order valence-corrected chi connectivity index (χ4v) is 3.53. The molecular weight excluding hydrogens is 258 g/mol. The molecule has 5 heteroatoms. The van der Waals surface area contributed by atoms with Crippen LogP contribution in [-0.4, -0.2) is 35.3 Å². The highest BCUT2D eigenvalue weighted by Gasteiger charge is 2.19. The largest absolute Gasteiger partial charge is 0.393 e. The Morgan fingerprint density at radius 3 is 2.63 bits per heavy atom. The first-order valence-electron chi connectivity index (χ1n) is 7.34. The number of nitrogens with zero attached hydrogens (tertiary/aromatic N) is 2. The smallest absolute Gasteiger partial charge is 0.185 e. The molecule has 108 valence electrons. The van der Waals surface area contributed by atoms with Crippen LogP contribution >= 0.6 is 11.3 Å². The van der Waals surface area contributed by atoms with E-state index in [4.69, 9.17) is 0 Å². The van der Waals surface area contributed by atoms with Gasteiger partial charge in [0.1, 0.15) is 0 Å². The van der Waals surface area contributed by atoms with Gasteiger partial charge in [-0.05, 0) is 39.5 Å². The van der Waals surface area contributed by atoms with Crippen molar-refractivity contribution in [3.63, 3.8) is 0 Å². The lowest BCUT2D eigenvalue weighted by molar-refractivity contribution is 0.116. The average molecular weight is 283 g/mol. The summed E-state index contributed by atoms with van der Waals surface area (Å²) in [7, 11) is 0. The normalized spacial score (nSPS) is 23.5. The van der Waals surface area contributed by atoms with Crippen LogP contribution in [0.15, 0.2) is 6.20 Å². The number of aliphatic hydroxyl groups excluding tert-OH is 1. The minimum Gasteiger partial charge on any atom is -0.393 e. The Labute approximate surface area is 119 Å². The maximum atomic E-state index is 9.49. The van der Waals surface area contributed by atoms with Crippen molar-refractivity contribution in [3.05, 3.63) is 11.1 Å². The summed E-state index contributed by atoms with van der Waals surface area (Å²) in [4.78, 5) is 8.08. The molecule has 0 radical (unpaired) electrons. The number of thiazole rings is 1. The van der Waals surface area contributed by atoms with Crippen LogP contribution in [0.5, 0.6) is 0 Å². The molecule has 2 rings (SSSR count). The first-order chi connectivity index (χ1) is 9.22. The van der Waals surface area contributed by atoms with E-state index in [-0.39, 0.29) is 6.10 Å². The minimum atomic E-state index is -0.0734. The van der Waals surface area contributed by atoms with Crippen molar-refractivity contribution in [2.75, 3.05) is 18.0 Å². The highest BCUT2D eigenvalue weighted by atomic mass is 32.1. The van der Waals surface area contributed by atoms with Gasteiger partial charge in [0, 0.05) is 36.8 Å². The standard InChI is InChI=1S/C14H25N3OS/c1-3-17(4-2)14-16-10-13(19-14)9-15-11-5-7-12(18)8-6-11/h10-12,15,18H,3-9H2,1-2H3. The lowest BCUT2D eigenvalue weighted by Gasteiger charge is -2.26. The van der Waals surface area contributed by atoms with E-state index >= 15 is 0 Å². The molecule has 2 N–H and O–H groups in total. The Kier molecular flexibility index (Phi) is 5.60. The molecule has 1 saturated carbocycles. The molecule has 1 fully saturated rings. The molecule has 1 heterocycles. The minimum absolute atomic E-state index is 0.0734. The highest BCUT2D eigenvalue weighted by Crippen LogP contribution is 2.23. The molecule has 0 unspecified atom stereocenters. The third-order valence-electron chi connectivity index (χ3n) is 3.84. The van der Waals surface area contributed by atoms with Gasteiger partial charge in [-0.1, -0.05) is 0 Å². The first kappa shape index (κ1) is 14.8. The van der Waals surface area contributed by atoms with Crippen LogP contribution in [0.1, 0.15) is 44.4 Å². The molecule has 1 aromatic heterocycles. The number of aromatic nitrogens is 1. The Bertz CT molecular complexity index is 371. The summed E-state index contributed by atoms with van der Waals surface area (Å²) in [5.41, 5.74) is 0. The zero-order valence-electron chi connectivity index (χ0n) is 11.9.